The Bertz CT molecular complexity index is 889. The van der Waals surface area contributed by atoms with E-state index in [1.54, 1.807) is 35.9 Å². The van der Waals surface area contributed by atoms with Gasteiger partial charge in [0.25, 0.3) is 5.91 Å². The number of rotatable bonds is 2. The van der Waals surface area contributed by atoms with Gasteiger partial charge in [0.15, 0.2) is 17.5 Å². The third-order valence-electron chi connectivity index (χ3n) is 3.35. The second kappa shape index (κ2) is 5.18. The fourth-order valence-electron chi connectivity index (χ4n) is 2.15. The lowest BCUT2D eigenvalue weighted by atomic mass is 10.1. The van der Waals surface area contributed by atoms with Gasteiger partial charge in [0.1, 0.15) is 5.65 Å². The molecule has 0 aliphatic heterocycles. The fraction of sp³-hybridized carbons (Fsp3) is 0.0667. The Labute approximate surface area is 123 Å². The standard InChI is InChI=1S/C15H10F3N3O/c1-8-11(4-5-12-19-6-7-21(8)12)20-15(22)9-2-3-10(16)14(18)13(9)17/h2-7H,1H3,(H,20,22). The lowest BCUT2D eigenvalue weighted by molar-refractivity contribution is 0.102. The van der Waals surface area contributed by atoms with Crippen molar-refractivity contribution in [2.75, 3.05) is 5.32 Å². The first-order valence-corrected chi connectivity index (χ1v) is 6.36. The quantitative estimate of drug-likeness (QED) is 0.738. The van der Waals surface area contributed by atoms with Gasteiger partial charge in [-0.05, 0) is 31.2 Å². The Kier molecular flexibility index (Phi) is 3.32. The number of hydrogen-bond acceptors (Lipinski definition) is 2. The van der Waals surface area contributed by atoms with Gasteiger partial charge in [-0.2, -0.15) is 0 Å². The maximum absolute atomic E-state index is 13.6. The summed E-state index contributed by atoms with van der Waals surface area (Å²) in [7, 11) is 0. The van der Waals surface area contributed by atoms with Gasteiger partial charge >= 0.3 is 0 Å². The Hall–Kier alpha value is -2.83. The monoisotopic (exact) mass is 305 g/mol. The van der Waals surface area contributed by atoms with Crippen LogP contribution in [0.4, 0.5) is 18.9 Å². The zero-order valence-electron chi connectivity index (χ0n) is 11.4. The SMILES string of the molecule is Cc1c(NC(=O)c2ccc(F)c(F)c2F)ccc2nccn12. The first-order chi connectivity index (χ1) is 10.5. The number of carbonyl (C=O) groups excluding carboxylic acids is 1. The van der Waals surface area contributed by atoms with Gasteiger partial charge in [0, 0.05) is 18.1 Å². The average Bonchev–Trinajstić information content (AvgIpc) is 2.97. The summed E-state index contributed by atoms with van der Waals surface area (Å²) >= 11 is 0. The third kappa shape index (κ3) is 2.20. The lowest BCUT2D eigenvalue weighted by Crippen LogP contribution is -2.16. The molecule has 0 unspecified atom stereocenters. The largest absolute Gasteiger partial charge is 0.320 e. The molecule has 2 aromatic heterocycles. The number of carbonyl (C=O) groups is 1. The van der Waals surface area contributed by atoms with E-state index in [2.05, 4.69) is 10.3 Å². The maximum Gasteiger partial charge on any atom is 0.258 e. The summed E-state index contributed by atoms with van der Waals surface area (Å²) in [5.41, 5.74) is 1.21. The van der Waals surface area contributed by atoms with Crippen LogP contribution in [0.3, 0.4) is 0 Å². The summed E-state index contributed by atoms with van der Waals surface area (Å²) in [6, 6.07) is 4.88. The molecule has 1 amide bonds. The Balaban J connectivity index is 1.96. The second-order valence-corrected chi connectivity index (χ2v) is 4.66. The minimum atomic E-state index is -1.67. The van der Waals surface area contributed by atoms with E-state index in [-0.39, 0.29) is 0 Å². The minimum absolute atomic E-state index is 0.416. The van der Waals surface area contributed by atoms with Gasteiger partial charge in [-0.15, -0.1) is 0 Å². The second-order valence-electron chi connectivity index (χ2n) is 4.66. The van der Waals surface area contributed by atoms with Crippen molar-refractivity contribution in [2.45, 2.75) is 6.92 Å². The third-order valence-corrected chi connectivity index (χ3v) is 3.35. The van der Waals surface area contributed by atoms with Crippen molar-refractivity contribution < 1.29 is 18.0 Å². The summed E-state index contributed by atoms with van der Waals surface area (Å²) in [5.74, 6) is -5.39. The molecule has 2 heterocycles. The van der Waals surface area contributed by atoms with E-state index in [9.17, 15) is 18.0 Å². The van der Waals surface area contributed by atoms with Crippen LogP contribution in [0.15, 0.2) is 36.7 Å². The summed E-state index contributed by atoms with van der Waals surface area (Å²) in [4.78, 5) is 16.2. The fourth-order valence-corrected chi connectivity index (χ4v) is 2.15. The number of amides is 1. The molecular formula is C15H10F3N3O. The smallest absolute Gasteiger partial charge is 0.258 e. The van der Waals surface area contributed by atoms with Crippen molar-refractivity contribution >= 4 is 17.2 Å². The zero-order chi connectivity index (χ0) is 15.9. The summed E-state index contributed by atoms with van der Waals surface area (Å²) in [6.07, 6.45) is 3.31. The molecule has 22 heavy (non-hydrogen) atoms. The summed E-state index contributed by atoms with van der Waals surface area (Å²) in [5, 5.41) is 2.48. The molecule has 3 aromatic rings. The minimum Gasteiger partial charge on any atom is -0.320 e. The molecule has 0 fully saturated rings. The number of imidazole rings is 1. The molecule has 3 rings (SSSR count). The number of nitrogens with zero attached hydrogens (tertiary/aromatic N) is 2. The number of halogens is 3. The van der Waals surface area contributed by atoms with Crippen molar-refractivity contribution in [2.24, 2.45) is 0 Å². The number of fused-ring (bicyclic) bond motifs is 1. The van der Waals surface area contributed by atoms with Gasteiger partial charge < -0.3 is 9.72 Å². The molecule has 0 aliphatic rings. The van der Waals surface area contributed by atoms with E-state index in [4.69, 9.17) is 0 Å². The first-order valence-electron chi connectivity index (χ1n) is 6.36. The van der Waals surface area contributed by atoms with E-state index in [1.165, 1.54) is 0 Å². The molecule has 0 atom stereocenters. The van der Waals surface area contributed by atoms with E-state index < -0.39 is 28.9 Å². The highest BCUT2D eigenvalue weighted by atomic mass is 19.2. The van der Waals surface area contributed by atoms with Crippen LogP contribution in [-0.4, -0.2) is 15.3 Å². The molecule has 0 spiro atoms. The molecule has 0 aliphatic carbocycles. The predicted octanol–water partition coefficient (Wildman–Crippen LogP) is 3.31. The van der Waals surface area contributed by atoms with Crippen molar-refractivity contribution in [1.29, 1.82) is 0 Å². The van der Waals surface area contributed by atoms with Gasteiger partial charge in [-0.3, -0.25) is 4.79 Å². The highest BCUT2D eigenvalue weighted by molar-refractivity contribution is 6.04. The molecule has 0 radical (unpaired) electrons. The van der Waals surface area contributed by atoms with Gasteiger partial charge in [0.05, 0.1) is 11.3 Å². The zero-order valence-corrected chi connectivity index (χ0v) is 11.4. The molecule has 0 saturated heterocycles. The molecule has 0 bridgehead atoms. The average molecular weight is 305 g/mol. The van der Waals surface area contributed by atoms with Crippen molar-refractivity contribution in [1.82, 2.24) is 9.38 Å². The number of hydrogen-bond donors (Lipinski definition) is 1. The Morgan fingerprint density at radius 1 is 1.14 bits per heavy atom. The number of anilines is 1. The highest BCUT2D eigenvalue weighted by Crippen LogP contribution is 2.20. The van der Waals surface area contributed by atoms with Crippen LogP contribution >= 0.6 is 0 Å². The van der Waals surface area contributed by atoms with Gasteiger partial charge in [-0.1, -0.05) is 0 Å². The van der Waals surface area contributed by atoms with Gasteiger partial charge in [-0.25, -0.2) is 18.2 Å². The lowest BCUT2D eigenvalue weighted by Gasteiger charge is -2.11. The molecule has 0 saturated carbocycles. The Morgan fingerprint density at radius 3 is 2.68 bits per heavy atom. The van der Waals surface area contributed by atoms with Crippen LogP contribution in [-0.2, 0) is 0 Å². The maximum atomic E-state index is 13.6. The van der Waals surface area contributed by atoms with Crippen molar-refractivity contribution in [3.05, 3.63) is 65.4 Å². The van der Waals surface area contributed by atoms with Crippen LogP contribution < -0.4 is 5.32 Å². The number of aromatic nitrogens is 2. The van der Waals surface area contributed by atoms with Crippen molar-refractivity contribution in [3.63, 3.8) is 0 Å². The summed E-state index contributed by atoms with van der Waals surface area (Å²) < 4.78 is 41.5. The molecule has 7 heteroatoms. The van der Waals surface area contributed by atoms with E-state index in [1.807, 2.05) is 0 Å². The predicted molar refractivity (Wildman–Crippen MR) is 74.2 cm³/mol. The van der Waals surface area contributed by atoms with Crippen LogP contribution in [0, 0.1) is 24.4 Å². The molecular weight excluding hydrogens is 295 g/mol. The van der Waals surface area contributed by atoms with Crippen LogP contribution in [0.2, 0.25) is 0 Å². The molecule has 1 N–H and O–H groups in total. The van der Waals surface area contributed by atoms with E-state index in [0.717, 1.165) is 6.07 Å². The van der Waals surface area contributed by atoms with Crippen LogP contribution in [0.1, 0.15) is 16.1 Å². The van der Waals surface area contributed by atoms with Crippen LogP contribution in [0.25, 0.3) is 5.65 Å². The number of pyridine rings is 1. The number of aryl methyl sites for hydroxylation is 1. The van der Waals surface area contributed by atoms with E-state index in [0.29, 0.717) is 23.1 Å². The summed E-state index contributed by atoms with van der Waals surface area (Å²) in [6.45, 7) is 1.74. The van der Waals surface area contributed by atoms with Crippen LogP contribution in [0.5, 0.6) is 0 Å². The number of nitrogens with one attached hydrogen (secondary N) is 1. The number of benzene rings is 1. The normalized spacial score (nSPS) is 10.9. The Morgan fingerprint density at radius 2 is 1.91 bits per heavy atom. The van der Waals surface area contributed by atoms with Crippen molar-refractivity contribution in [3.8, 4) is 0 Å². The first kappa shape index (κ1) is 14.1. The van der Waals surface area contributed by atoms with Gasteiger partial charge in [0.2, 0.25) is 0 Å². The topological polar surface area (TPSA) is 46.4 Å². The molecule has 112 valence electrons. The highest BCUT2D eigenvalue weighted by Gasteiger charge is 2.19. The van der Waals surface area contributed by atoms with E-state index >= 15 is 0 Å². The molecule has 4 nitrogen and oxygen atoms in total. The molecule has 1 aromatic carbocycles.